The molecule has 3 aromatic rings. The maximum absolute atomic E-state index is 10.3. The Kier molecular flexibility index (Phi) is 5.65. The van der Waals surface area contributed by atoms with E-state index in [1.807, 2.05) is 18.3 Å². The normalized spacial score (nSPS) is 19.9. The van der Waals surface area contributed by atoms with E-state index in [4.69, 9.17) is 9.97 Å². The van der Waals surface area contributed by atoms with Crippen LogP contribution in [-0.2, 0) is 19.6 Å². The third-order valence-corrected chi connectivity index (χ3v) is 6.88. The van der Waals surface area contributed by atoms with E-state index in [-0.39, 0.29) is 6.61 Å². The molecule has 2 aliphatic rings. The van der Waals surface area contributed by atoms with Crippen LogP contribution in [0.1, 0.15) is 41.5 Å². The van der Waals surface area contributed by atoms with E-state index in [2.05, 4.69) is 51.4 Å². The summed E-state index contributed by atoms with van der Waals surface area (Å²) in [6.07, 6.45) is 5.30. The number of likely N-dealkylation sites (N-methyl/N-ethyl adjacent to an activating group) is 1. The number of aliphatic hydroxyl groups excluding tert-OH is 1. The second-order valence-corrected chi connectivity index (χ2v) is 8.90. The predicted octanol–water partition coefficient (Wildman–Crippen LogP) is 2.48. The third-order valence-electron chi connectivity index (χ3n) is 6.88. The number of hydrogen-bond acceptors (Lipinski definition) is 6. The van der Waals surface area contributed by atoms with Crippen molar-refractivity contribution in [2.45, 2.75) is 38.5 Å². The maximum atomic E-state index is 10.3. The predicted molar refractivity (Wildman–Crippen MR) is 122 cm³/mol. The molecule has 1 saturated heterocycles. The summed E-state index contributed by atoms with van der Waals surface area (Å²) < 4.78 is 2.15. The van der Waals surface area contributed by atoms with Crippen molar-refractivity contribution in [3.05, 3.63) is 59.2 Å². The molecule has 0 bridgehead atoms. The SMILES string of the molecule is CN1CCN(c2cccc3nc(CN(C)[C@@H]4CCCc5cccnc54)c(CO)n23)CC1. The van der Waals surface area contributed by atoms with Gasteiger partial charge in [-0.2, -0.15) is 0 Å². The first-order valence-corrected chi connectivity index (χ1v) is 11.3. The summed E-state index contributed by atoms with van der Waals surface area (Å²) in [6, 6.07) is 10.8. The van der Waals surface area contributed by atoms with E-state index < -0.39 is 0 Å². The molecular formula is C24H32N6O. The minimum Gasteiger partial charge on any atom is -0.390 e. The van der Waals surface area contributed by atoms with Crippen LogP contribution in [0.25, 0.3) is 5.65 Å². The molecule has 5 rings (SSSR count). The van der Waals surface area contributed by atoms with Crippen molar-refractivity contribution in [1.82, 2.24) is 24.2 Å². The highest BCUT2D eigenvalue weighted by atomic mass is 16.3. The molecule has 1 aliphatic carbocycles. The fraction of sp³-hybridized carbons (Fsp3) is 0.500. The van der Waals surface area contributed by atoms with Crippen molar-refractivity contribution in [3.63, 3.8) is 0 Å². The van der Waals surface area contributed by atoms with Gasteiger partial charge >= 0.3 is 0 Å². The number of imidazole rings is 1. The number of rotatable bonds is 5. The number of nitrogens with zero attached hydrogens (tertiary/aromatic N) is 6. The zero-order valence-electron chi connectivity index (χ0n) is 18.5. The van der Waals surface area contributed by atoms with Crippen molar-refractivity contribution in [1.29, 1.82) is 0 Å². The first kappa shape index (κ1) is 20.4. The quantitative estimate of drug-likeness (QED) is 0.684. The van der Waals surface area contributed by atoms with Crippen LogP contribution >= 0.6 is 0 Å². The number of pyridine rings is 2. The fourth-order valence-corrected chi connectivity index (χ4v) is 5.11. The average Bonchev–Trinajstić information content (AvgIpc) is 3.16. The fourth-order valence-electron chi connectivity index (χ4n) is 5.11. The lowest BCUT2D eigenvalue weighted by atomic mass is 9.91. The van der Waals surface area contributed by atoms with Crippen LogP contribution in [0.4, 0.5) is 5.82 Å². The van der Waals surface area contributed by atoms with Gasteiger partial charge < -0.3 is 14.9 Å². The van der Waals surface area contributed by atoms with E-state index in [1.54, 1.807) is 0 Å². The molecule has 0 radical (unpaired) electrons. The van der Waals surface area contributed by atoms with Gasteiger partial charge in [0.25, 0.3) is 0 Å². The standard InChI is InChI=1S/C24H32N6O/c1-27-12-14-29(15-13-27)23-10-4-9-22-26-19(21(17-31)30(22)23)16-28(2)20-8-3-6-18-7-5-11-25-24(18)20/h4-5,7,9-11,20,31H,3,6,8,12-17H2,1-2H3/t20-/m1/s1. The molecule has 1 atom stereocenters. The zero-order chi connectivity index (χ0) is 21.4. The minimum absolute atomic E-state index is 0.0192. The second-order valence-electron chi connectivity index (χ2n) is 8.90. The van der Waals surface area contributed by atoms with Crippen molar-refractivity contribution < 1.29 is 5.11 Å². The van der Waals surface area contributed by atoms with Crippen LogP contribution in [0.15, 0.2) is 36.5 Å². The van der Waals surface area contributed by atoms with Gasteiger partial charge in [-0.05, 0) is 57.1 Å². The molecule has 164 valence electrons. The number of anilines is 1. The summed E-state index contributed by atoms with van der Waals surface area (Å²) in [5, 5.41) is 10.3. The van der Waals surface area contributed by atoms with E-state index in [1.165, 1.54) is 17.7 Å². The summed E-state index contributed by atoms with van der Waals surface area (Å²) in [5.41, 5.74) is 5.32. The van der Waals surface area contributed by atoms with Crippen molar-refractivity contribution in [2.24, 2.45) is 0 Å². The lowest BCUT2D eigenvalue weighted by Gasteiger charge is -2.34. The van der Waals surface area contributed by atoms with Crippen molar-refractivity contribution in [2.75, 3.05) is 45.2 Å². The molecule has 1 fully saturated rings. The first-order valence-electron chi connectivity index (χ1n) is 11.3. The molecule has 4 heterocycles. The van der Waals surface area contributed by atoms with Gasteiger partial charge in [0, 0.05) is 38.9 Å². The van der Waals surface area contributed by atoms with Gasteiger partial charge in [0.1, 0.15) is 11.5 Å². The molecule has 7 heteroatoms. The Bertz CT molecular complexity index is 1060. The molecule has 31 heavy (non-hydrogen) atoms. The Labute approximate surface area is 183 Å². The van der Waals surface area contributed by atoms with Gasteiger partial charge in [-0.25, -0.2) is 4.98 Å². The summed E-state index contributed by atoms with van der Waals surface area (Å²) in [7, 11) is 4.32. The average molecular weight is 421 g/mol. The summed E-state index contributed by atoms with van der Waals surface area (Å²) >= 11 is 0. The molecule has 7 nitrogen and oxygen atoms in total. The van der Waals surface area contributed by atoms with Crippen LogP contribution < -0.4 is 4.90 Å². The number of aryl methyl sites for hydroxylation is 1. The largest absolute Gasteiger partial charge is 0.390 e. The lowest BCUT2D eigenvalue weighted by Crippen LogP contribution is -2.45. The van der Waals surface area contributed by atoms with Gasteiger partial charge in [0.05, 0.1) is 29.7 Å². The highest BCUT2D eigenvalue weighted by Gasteiger charge is 2.27. The highest BCUT2D eigenvalue weighted by molar-refractivity contribution is 5.55. The van der Waals surface area contributed by atoms with Crippen molar-refractivity contribution >= 4 is 11.5 Å². The van der Waals surface area contributed by atoms with Crippen LogP contribution in [-0.4, -0.2) is 69.5 Å². The lowest BCUT2D eigenvalue weighted by molar-refractivity contribution is 0.203. The van der Waals surface area contributed by atoms with E-state index in [9.17, 15) is 5.11 Å². The van der Waals surface area contributed by atoms with Gasteiger partial charge in [-0.1, -0.05) is 12.1 Å². The smallest absolute Gasteiger partial charge is 0.138 e. The van der Waals surface area contributed by atoms with Gasteiger partial charge in [0.15, 0.2) is 0 Å². The van der Waals surface area contributed by atoms with Crippen LogP contribution in [0.5, 0.6) is 0 Å². The molecule has 0 aromatic carbocycles. The topological polar surface area (TPSA) is 60.1 Å². The molecule has 0 unspecified atom stereocenters. The molecule has 3 aromatic heterocycles. The summed E-state index contributed by atoms with van der Waals surface area (Å²) in [4.78, 5) is 16.8. The molecule has 1 aliphatic heterocycles. The molecular weight excluding hydrogens is 388 g/mol. The summed E-state index contributed by atoms with van der Waals surface area (Å²) in [5.74, 6) is 1.13. The number of piperazine rings is 1. The van der Waals surface area contributed by atoms with Crippen LogP contribution in [0.3, 0.4) is 0 Å². The number of fused-ring (bicyclic) bond motifs is 2. The molecule has 0 saturated carbocycles. The Morgan fingerprint density at radius 1 is 1.13 bits per heavy atom. The minimum atomic E-state index is -0.0192. The molecule has 1 N–H and O–H groups in total. The van der Waals surface area contributed by atoms with Crippen LogP contribution in [0.2, 0.25) is 0 Å². The number of aromatic nitrogens is 3. The highest BCUT2D eigenvalue weighted by Crippen LogP contribution is 2.33. The number of hydrogen-bond donors (Lipinski definition) is 1. The van der Waals surface area contributed by atoms with E-state index in [0.717, 1.165) is 61.9 Å². The molecule has 0 spiro atoms. The van der Waals surface area contributed by atoms with Gasteiger partial charge in [-0.15, -0.1) is 0 Å². The maximum Gasteiger partial charge on any atom is 0.138 e. The van der Waals surface area contributed by atoms with E-state index >= 15 is 0 Å². The monoisotopic (exact) mass is 420 g/mol. The Balaban J connectivity index is 1.46. The van der Waals surface area contributed by atoms with E-state index in [0.29, 0.717) is 12.6 Å². The second kappa shape index (κ2) is 8.57. The Morgan fingerprint density at radius 3 is 2.77 bits per heavy atom. The van der Waals surface area contributed by atoms with Crippen molar-refractivity contribution in [3.8, 4) is 0 Å². The Hall–Kier alpha value is -2.48. The molecule has 0 amide bonds. The third kappa shape index (κ3) is 3.82. The first-order chi connectivity index (χ1) is 15.2. The Morgan fingerprint density at radius 2 is 1.97 bits per heavy atom. The van der Waals surface area contributed by atoms with Crippen LogP contribution in [0, 0.1) is 0 Å². The van der Waals surface area contributed by atoms with Gasteiger partial charge in [-0.3, -0.25) is 14.3 Å². The zero-order valence-corrected chi connectivity index (χ0v) is 18.5. The van der Waals surface area contributed by atoms with Gasteiger partial charge in [0.2, 0.25) is 0 Å². The summed E-state index contributed by atoms with van der Waals surface area (Å²) in [6.45, 7) is 4.73. The number of aliphatic hydroxyl groups is 1.